The lowest BCUT2D eigenvalue weighted by atomic mass is 9.90. The third kappa shape index (κ3) is 4.51. The number of aryl methyl sites for hydroxylation is 2. The molecule has 0 radical (unpaired) electrons. The van der Waals surface area contributed by atoms with Gasteiger partial charge in [-0.3, -0.25) is 4.79 Å². The van der Waals surface area contributed by atoms with Crippen LogP contribution in [0.4, 0.5) is 0 Å². The number of piperidine rings is 1. The summed E-state index contributed by atoms with van der Waals surface area (Å²) in [6.07, 6.45) is 4.47. The van der Waals surface area contributed by atoms with Gasteiger partial charge in [0.25, 0.3) is 5.91 Å². The molecule has 0 aliphatic carbocycles. The molecule has 25 heavy (non-hydrogen) atoms. The van der Waals surface area contributed by atoms with Crippen LogP contribution in [-0.4, -0.2) is 31.0 Å². The van der Waals surface area contributed by atoms with E-state index in [1.165, 1.54) is 17.5 Å². The highest BCUT2D eigenvalue weighted by atomic mass is 16.5. The first-order chi connectivity index (χ1) is 12.2. The monoisotopic (exact) mass is 341 g/mol. The molecule has 1 aliphatic rings. The summed E-state index contributed by atoms with van der Waals surface area (Å²) >= 11 is 0. The number of rotatable bonds is 6. The number of nitrogens with zero attached hydrogens (tertiary/aromatic N) is 1. The van der Waals surface area contributed by atoms with Gasteiger partial charge in [-0.05, 0) is 61.8 Å². The molecule has 4 heteroatoms. The Hall–Kier alpha value is -2.07. The minimum Gasteiger partial charge on any atom is -0.453 e. The van der Waals surface area contributed by atoms with E-state index >= 15 is 0 Å². The van der Waals surface area contributed by atoms with Gasteiger partial charge < -0.3 is 14.1 Å². The topological polar surface area (TPSA) is 42.7 Å². The van der Waals surface area contributed by atoms with E-state index in [0.29, 0.717) is 24.0 Å². The molecule has 1 unspecified atom stereocenters. The Morgan fingerprint density at radius 2 is 2.12 bits per heavy atom. The molecule has 1 amide bonds. The van der Waals surface area contributed by atoms with Gasteiger partial charge in [-0.15, -0.1) is 0 Å². The molecule has 0 N–H and O–H groups in total. The van der Waals surface area contributed by atoms with Crippen LogP contribution in [0.1, 0.15) is 46.7 Å². The molecule has 1 aromatic carbocycles. The van der Waals surface area contributed by atoms with Gasteiger partial charge in [0.2, 0.25) is 0 Å². The van der Waals surface area contributed by atoms with Crippen molar-refractivity contribution in [1.29, 1.82) is 0 Å². The molecular formula is C21H27NO3. The third-order valence-corrected chi connectivity index (χ3v) is 5.05. The first-order valence-corrected chi connectivity index (χ1v) is 9.09. The molecule has 2 aromatic rings. The summed E-state index contributed by atoms with van der Waals surface area (Å²) in [6.45, 7) is 4.21. The highest BCUT2D eigenvalue weighted by Crippen LogP contribution is 2.24. The molecule has 3 rings (SSSR count). The lowest BCUT2D eigenvalue weighted by Gasteiger charge is -2.32. The first kappa shape index (κ1) is 17.7. The largest absolute Gasteiger partial charge is 0.453 e. The zero-order valence-corrected chi connectivity index (χ0v) is 15.2. The molecule has 0 saturated carbocycles. The predicted octanol–water partition coefficient (Wildman–Crippen LogP) is 4.22. The molecule has 0 spiro atoms. The van der Waals surface area contributed by atoms with Crippen LogP contribution in [-0.2, 0) is 17.8 Å². The second-order valence-electron chi connectivity index (χ2n) is 6.92. The summed E-state index contributed by atoms with van der Waals surface area (Å²) in [5.74, 6) is 1.68. The molecule has 1 aliphatic heterocycles. The van der Waals surface area contributed by atoms with Gasteiger partial charge in [0.15, 0.2) is 5.76 Å². The van der Waals surface area contributed by atoms with E-state index in [9.17, 15) is 4.79 Å². The summed E-state index contributed by atoms with van der Waals surface area (Å²) in [7, 11) is 1.62. The van der Waals surface area contributed by atoms with Crippen molar-refractivity contribution in [2.45, 2.75) is 39.2 Å². The number of carbonyl (C=O) groups excluding carboxylic acids is 1. The molecular weight excluding hydrogens is 314 g/mol. The SMILES string of the molecule is COCc1ccc(C(=O)N2CCCC(CCc3ccccc3C)C2)o1. The fourth-order valence-electron chi connectivity index (χ4n) is 3.60. The molecule has 4 nitrogen and oxygen atoms in total. The maximum absolute atomic E-state index is 12.7. The molecule has 1 saturated heterocycles. The molecule has 1 fully saturated rings. The van der Waals surface area contributed by atoms with Gasteiger partial charge in [0, 0.05) is 20.2 Å². The van der Waals surface area contributed by atoms with E-state index < -0.39 is 0 Å². The minimum atomic E-state index is 0.00273. The van der Waals surface area contributed by atoms with E-state index in [0.717, 1.165) is 32.4 Å². The average Bonchev–Trinajstić information content (AvgIpc) is 3.10. The number of ether oxygens (including phenoxy) is 1. The zero-order chi connectivity index (χ0) is 17.6. The molecule has 0 bridgehead atoms. The van der Waals surface area contributed by atoms with E-state index in [2.05, 4.69) is 31.2 Å². The van der Waals surface area contributed by atoms with Crippen LogP contribution >= 0.6 is 0 Å². The fourth-order valence-corrected chi connectivity index (χ4v) is 3.60. The van der Waals surface area contributed by atoms with Gasteiger partial charge in [-0.25, -0.2) is 0 Å². The van der Waals surface area contributed by atoms with Crippen molar-refractivity contribution in [3.8, 4) is 0 Å². The quantitative estimate of drug-likeness (QED) is 0.790. The number of carbonyl (C=O) groups is 1. The second kappa shape index (κ2) is 8.34. The molecule has 1 atom stereocenters. The lowest BCUT2D eigenvalue weighted by Crippen LogP contribution is -2.39. The minimum absolute atomic E-state index is 0.00273. The van der Waals surface area contributed by atoms with Gasteiger partial charge >= 0.3 is 0 Å². The average molecular weight is 341 g/mol. The van der Waals surface area contributed by atoms with Crippen LogP contribution in [0.3, 0.4) is 0 Å². The van der Waals surface area contributed by atoms with Crippen molar-refractivity contribution >= 4 is 5.91 Å². The smallest absolute Gasteiger partial charge is 0.289 e. The standard InChI is InChI=1S/C21H27NO3/c1-16-6-3-4-8-18(16)10-9-17-7-5-13-22(14-17)21(23)20-12-11-19(25-20)15-24-2/h3-4,6,8,11-12,17H,5,7,9-10,13-15H2,1-2H3. The Balaban J connectivity index is 1.56. The van der Waals surface area contributed by atoms with Crippen molar-refractivity contribution in [2.75, 3.05) is 20.2 Å². The number of benzene rings is 1. The number of likely N-dealkylation sites (tertiary alicyclic amines) is 1. The van der Waals surface area contributed by atoms with Crippen molar-refractivity contribution in [1.82, 2.24) is 4.90 Å². The van der Waals surface area contributed by atoms with E-state index in [4.69, 9.17) is 9.15 Å². The molecule has 2 heterocycles. The summed E-state index contributed by atoms with van der Waals surface area (Å²) in [4.78, 5) is 14.6. The number of methoxy groups -OCH3 is 1. The lowest BCUT2D eigenvalue weighted by molar-refractivity contribution is 0.0629. The number of hydrogen-bond donors (Lipinski definition) is 0. The molecule has 1 aromatic heterocycles. The van der Waals surface area contributed by atoms with Crippen LogP contribution < -0.4 is 0 Å². The van der Waals surface area contributed by atoms with Crippen LogP contribution in [0.5, 0.6) is 0 Å². The molecule has 134 valence electrons. The zero-order valence-electron chi connectivity index (χ0n) is 15.2. The van der Waals surface area contributed by atoms with Crippen LogP contribution in [0, 0.1) is 12.8 Å². The summed E-state index contributed by atoms with van der Waals surface area (Å²) in [6, 6.07) is 12.1. The van der Waals surface area contributed by atoms with Gasteiger partial charge in [0.1, 0.15) is 12.4 Å². The maximum atomic E-state index is 12.7. The summed E-state index contributed by atoms with van der Waals surface area (Å²) in [5, 5.41) is 0. The van der Waals surface area contributed by atoms with Crippen LogP contribution in [0.25, 0.3) is 0 Å². The first-order valence-electron chi connectivity index (χ1n) is 9.09. The summed E-state index contributed by atoms with van der Waals surface area (Å²) < 4.78 is 10.7. The Bertz CT molecular complexity index is 707. The fraction of sp³-hybridized carbons (Fsp3) is 0.476. The van der Waals surface area contributed by atoms with Gasteiger partial charge in [0.05, 0.1) is 0 Å². The summed E-state index contributed by atoms with van der Waals surface area (Å²) in [5.41, 5.74) is 2.77. The van der Waals surface area contributed by atoms with Crippen molar-refractivity contribution < 1.29 is 13.9 Å². The van der Waals surface area contributed by atoms with Gasteiger partial charge in [-0.2, -0.15) is 0 Å². The maximum Gasteiger partial charge on any atom is 0.289 e. The van der Waals surface area contributed by atoms with Crippen LogP contribution in [0.15, 0.2) is 40.8 Å². The third-order valence-electron chi connectivity index (χ3n) is 5.05. The van der Waals surface area contributed by atoms with Crippen molar-refractivity contribution in [2.24, 2.45) is 5.92 Å². The Kier molecular flexibility index (Phi) is 5.92. The highest BCUT2D eigenvalue weighted by molar-refractivity contribution is 5.91. The van der Waals surface area contributed by atoms with Gasteiger partial charge in [-0.1, -0.05) is 24.3 Å². The van der Waals surface area contributed by atoms with Crippen molar-refractivity contribution in [3.05, 3.63) is 59.0 Å². The Morgan fingerprint density at radius 3 is 2.92 bits per heavy atom. The number of hydrogen-bond acceptors (Lipinski definition) is 3. The Morgan fingerprint density at radius 1 is 1.28 bits per heavy atom. The van der Waals surface area contributed by atoms with Crippen LogP contribution in [0.2, 0.25) is 0 Å². The highest BCUT2D eigenvalue weighted by Gasteiger charge is 2.26. The van der Waals surface area contributed by atoms with E-state index in [-0.39, 0.29) is 5.91 Å². The normalized spacial score (nSPS) is 17.7. The van der Waals surface area contributed by atoms with Crippen molar-refractivity contribution in [3.63, 3.8) is 0 Å². The number of furan rings is 1. The Labute approximate surface area is 149 Å². The van der Waals surface area contributed by atoms with E-state index in [1.54, 1.807) is 13.2 Å². The van der Waals surface area contributed by atoms with E-state index in [1.807, 2.05) is 11.0 Å². The predicted molar refractivity (Wildman–Crippen MR) is 97.5 cm³/mol. The second-order valence-corrected chi connectivity index (χ2v) is 6.92. The number of amides is 1.